The molecule has 96 valence electrons. The minimum atomic E-state index is -0.302. The molecule has 1 N–H and O–H groups in total. The first-order valence-corrected chi connectivity index (χ1v) is 6.69. The summed E-state index contributed by atoms with van der Waals surface area (Å²) < 4.78 is 0. The Morgan fingerprint density at radius 3 is 2.71 bits per heavy atom. The van der Waals surface area contributed by atoms with Crippen LogP contribution in [0.25, 0.3) is 0 Å². The third-order valence-electron chi connectivity index (χ3n) is 5.35. The van der Waals surface area contributed by atoms with Gasteiger partial charge in [-0.1, -0.05) is 26.0 Å². The zero-order chi connectivity index (χ0) is 12.8. The fourth-order valence-electron chi connectivity index (χ4n) is 3.86. The summed E-state index contributed by atoms with van der Waals surface area (Å²) in [7, 11) is 0. The van der Waals surface area contributed by atoms with Gasteiger partial charge in [0.25, 0.3) is 0 Å². The van der Waals surface area contributed by atoms with Crippen LogP contribution in [0.5, 0.6) is 0 Å². The molecule has 0 amide bonds. The third-order valence-corrected chi connectivity index (χ3v) is 5.35. The summed E-state index contributed by atoms with van der Waals surface area (Å²) in [4.78, 5) is 11.7. The number of hydrogen-bond acceptors (Lipinski definition) is 2. The van der Waals surface area contributed by atoms with Gasteiger partial charge >= 0.3 is 0 Å². The normalized spacial score (nSPS) is 46.5. The molecule has 2 heteroatoms. The molecule has 2 saturated carbocycles. The second-order valence-electron chi connectivity index (χ2n) is 6.51. The van der Waals surface area contributed by atoms with Crippen molar-refractivity contribution in [1.82, 2.24) is 0 Å². The molecular formula is C15H24O2. The van der Waals surface area contributed by atoms with Crippen molar-refractivity contribution in [1.29, 1.82) is 0 Å². The van der Waals surface area contributed by atoms with Crippen molar-refractivity contribution in [2.24, 2.45) is 23.2 Å². The van der Waals surface area contributed by atoms with Gasteiger partial charge in [0.2, 0.25) is 0 Å². The molecule has 0 saturated heterocycles. The minimum absolute atomic E-state index is 0.205. The van der Waals surface area contributed by atoms with Crippen LogP contribution in [0.15, 0.2) is 12.2 Å². The Kier molecular flexibility index (Phi) is 3.19. The van der Waals surface area contributed by atoms with Gasteiger partial charge in [0.1, 0.15) is 5.78 Å². The van der Waals surface area contributed by atoms with Crippen LogP contribution in [-0.4, -0.2) is 17.0 Å². The van der Waals surface area contributed by atoms with Crippen LogP contribution in [-0.2, 0) is 4.79 Å². The van der Waals surface area contributed by atoms with Crippen LogP contribution in [0.2, 0.25) is 0 Å². The van der Waals surface area contributed by atoms with Gasteiger partial charge in [-0.05, 0) is 37.0 Å². The van der Waals surface area contributed by atoms with Crippen LogP contribution < -0.4 is 0 Å². The van der Waals surface area contributed by atoms with E-state index in [9.17, 15) is 9.90 Å². The van der Waals surface area contributed by atoms with Crippen LogP contribution in [0.1, 0.15) is 46.5 Å². The standard InChI is InChI=1S/C15H24O2/c1-9(2)13-8-15(4)10(3)5-12(16)6-11(15)7-14(13)17/h10-11,13-14,17H,1,5-8H2,2-4H3. The summed E-state index contributed by atoms with van der Waals surface area (Å²) in [6, 6.07) is 0. The quantitative estimate of drug-likeness (QED) is 0.711. The molecule has 2 nitrogen and oxygen atoms in total. The number of fused-ring (bicyclic) bond motifs is 1. The van der Waals surface area contributed by atoms with Crippen LogP contribution in [0, 0.1) is 23.2 Å². The Hall–Kier alpha value is -0.630. The lowest BCUT2D eigenvalue weighted by Crippen LogP contribution is -2.49. The molecule has 0 bridgehead atoms. The van der Waals surface area contributed by atoms with Crippen LogP contribution in [0.3, 0.4) is 0 Å². The number of carbonyl (C=O) groups is 1. The first kappa shape index (κ1) is 12.8. The summed E-state index contributed by atoms with van der Waals surface area (Å²) in [5.41, 5.74) is 1.29. The van der Waals surface area contributed by atoms with Gasteiger partial charge in [-0.3, -0.25) is 4.79 Å². The number of ketones is 1. The first-order chi connectivity index (χ1) is 7.84. The molecule has 5 atom stereocenters. The molecule has 2 aliphatic rings. The Balaban J connectivity index is 2.25. The Labute approximate surface area is 104 Å². The van der Waals surface area contributed by atoms with E-state index in [0.29, 0.717) is 30.5 Å². The number of rotatable bonds is 1. The largest absolute Gasteiger partial charge is 0.392 e. The van der Waals surface area contributed by atoms with E-state index in [-0.39, 0.29) is 17.4 Å². The summed E-state index contributed by atoms with van der Waals surface area (Å²) in [5.74, 6) is 1.39. The molecule has 0 radical (unpaired) electrons. The monoisotopic (exact) mass is 236 g/mol. The van der Waals surface area contributed by atoms with E-state index in [0.717, 1.165) is 18.4 Å². The molecule has 0 aromatic heterocycles. The zero-order valence-corrected chi connectivity index (χ0v) is 11.2. The first-order valence-electron chi connectivity index (χ1n) is 6.69. The smallest absolute Gasteiger partial charge is 0.133 e. The number of aliphatic hydroxyl groups excluding tert-OH is 1. The highest BCUT2D eigenvalue weighted by Crippen LogP contribution is 2.54. The molecule has 2 aliphatic carbocycles. The summed E-state index contributed by atoms with van der Waals surface area (Å²) in [5, 5.41) is 10.2. The average Bonchev–Trinajstić information content (AvgIpc) is 2.20. The maximum Gasteiger partial charge on any atom is 0.133 e. The molecule has 2 fully saturated rings. The number of carbonyl (C=O) groups excluding carboxylic acids is 1. The lowest BCUT2D eigenvalue weighted by atomic mass is 9.52. The number of aliphatic hydroxyl groups is 1. The molecule has 0 aromatic carbocycles. The SMILES string of the molecule is C=C(C)C1CC2(C)C(C)CC(=O)CC2CC1O. The lowest BCUT2D eigenvalue weighted by Gasteiger charge is -2.53. The molecular weight excluding hydrogens is 212 g/mol. The molecule has 0 spiro atoms. The van der Waals surface area contributed by atoms with Gasteiger partial charge in [-0.25, -0.2) is 0 Å². The van der Waals surface area contributed by atoms with E-state index in [1.165, 1.54) is 0 Å². The van der Waals surface area contributed by atoms with Gasteiger partial charge < -0.3 is 5.11 Å². The second kappa shape index (κ2) is 4.24. The fraction of sp³-hybridized carbons (Fsp3) is 0.800. The van der Waals surface area contributed by atoms with Gasteiger partial charge in [-0.15, -0.1) is 0 Å². The highest BCUT2D eigenvalue weighted by Gasteiger charge is 2.50. The van der Waals surface area contributed by atoms with Crippen molar-refractivity contribution < 1.29 is 9.90 Å². The van der Waals surface area contributed by atoms with Gasteiger partial charge in [0.05, 0.1) is 6.10 Å². The van der Waals surface area contributed by atoms with E-state index in [2.05, 4.69) is 20.4 Å². The molecule has 0 aromatic rings. The van der Waals surface area contributed by atoms with Crippen molar-refractivity contribution >= 4 is 5.78 Å². The molecule has 2 rings (SSSR count). The highest BCUT2D eigenvalue weighted by molar-refractivity contribution is 5.80. The second-order valence-corrected chi connectivity index (χ2v) is 6.51. The molecule has 5 unspecified atom stereocenters. The van der Waals surface area contributed by atoms with Crippen molar-refractivity contribution in [3.8, 4) is 0 Å². The molecule has 17 heavy (non-hydrogen) atoms. The Bertz CT molecular complexity index is 347. The van der Waals surface area contributed by atoms with E-state index < -0.39 is 0 Å². The molecule has 0 heterocycles. The van der Waals surface area contributed by atoms with E-state index >= 15 is 0 Å². The summed E-state index contributed by atoms with van der Waals surface area (Å²) >= 11 is 0. The zero-order valence-electron chi connectivity index (χ0n) is 11.2. The van der Waals surface area contributed by atoms with Crippen LogP contribution in [0.4, 0.5) is 0 Å². The van der Waals surface area contributed by atoms with E-state index in [1.807, 2.05) is 6.92 Å². The van der Waals surface area contributed by atoms with Crippen molar-refractivity contribution in [3.05, 3.63) is 12.2 Å². The van der Waals surface area contributed by atoms with Gasteiger partial charge in [0.15, 0.2) is 0 Å². The highest BCUT2D eigenvalue weighted by atomic mass is 16.3. The van der Waals surface area contributed by atoms with Crippen LogP contribution >= 0.6 is 0 Å². The maximum atomic E-state index is 11.7. The van der Waals surface area contributed by atoms with Crippen molar-refractivity contribution in [2.75, 3.05) is 0 Å². The van der Waals surface area contributed by atoms with E-state index in [1.54, 1.807) is 0 Å². The predicted molar refractivity (Wildman–Crippen MR) is 68.5 cm³/mol. The minimum Gasteiger partial charge on any atom is -0.392 e. The van der Waals surface area contributed by atoms with Crippen molar-refractivity contribution in [3.63, 3.8) is 0 Å². The van der Waals surface area contributed by atoms with Gasteiger partial charge in [-0.2, -0.15) is 0 Å². The Morgan fingerprint density at radius 1 is 1.47 bits per heavy atom. The predicted octanol–water partition coefficient (Wildman–Crippen LogP) is 2.95. The van der Waals surface area contributed by atoms with Crippen molar-refractivity contribution in [2.45, 2.75) is 52.6 Å². The van der Waals surface area contributed by atoms with Gasteiger partial charge in [0, 0.05) is 18.8 Å². The lowest BCUT2D eigenvalue weighted by molar-refractivity contribution is -0.134. The number of hydrogen-bond donors (Lipinski definition) is 1. The number of Topliss-reactive ketones (excluding diaryl/α,β-unsaturated/α-hetero) is 1. The Morgan fingerprint density at radius 2 is 2.12 bits per heavy atom. The van der Waals surface area contributed by atoms with E-state index in [4.69, 9.17) is 0 Å². The summed E-state index contributed by atoms with van der Waals surface area (Å²) in [6.07, 6.45) is 2.84. The topological polar surface area (TPSA) is 37.3 Å². The maximum absolute atomic E-state index is 11.7. The molecule has 0 aliphatic heterocycles. The third kappa shape index (κ3) is 2.08. The summed E-state index contributed by atoms with van der Waals surface area (Å²) in [6.45, 7) is 10.5. The average molecular weight is 236 g/mol. The fourth-order valence-corrected chi connectivity index (χ4v) is 3.86.